The fourth-order valence-electron chi connectivity index (χ4n) is 6.40. The SMILES string of the molecule is c1ccc(-c2nc(-c3cccc(-c4nc(-c5ccccc5)c(-c5ccccc5)nc4-c4ccccc4)c3)nc(-c3ccc4ncccc4c3)n2)cc1. The van der Waals surface area contributed by atoms with E-state index in [2.05, 4.69) is 59.6 Å². The molecule has 3 heterocycles. The van der Waals surface area contributed by atoms with Crippen LogP contribution in [0.4, 0.5) is 0 Å². The van der Waals surface area contributed by atoms with E-state index in [1.54, 1.807) is 6.20 Å². The molecule has 0 radical (unpaired) electrons. The molecule has 0 N–H and O–H groups in total. The van der Waals surface area contributed by atoms with E-state index < -0.39 is 0 Å². The van der Waals surface area contributed by atoms with Crippen molar-refractivity contribution < 1.29 is 0 Å². The molecule has 0 unspecified atom stereocenters. The van der Waals surface area contributed by atoms with Crippen molar-refractivity contribution in [2.45, 2.75) is 0 Å². The van der Waals surface area contributed by atoms with Crippen LogP contribution in [0.1, 0.15) is 0 Å². The molecule has 0 saturated heterocycles. The Balaban J connectivity index is 1.24. The lowest BCUT2D eigenvalue weighted by Gasteiger charge is -2.16. The van der Waals surface area contributed by atoms with Crippen molar-refractivity contribution in [3.63, 3.8) is 0 Å². The Kier molecular flexibility index (Phi) is 8.08. The molecule has 0 spiro atoms. The van der Waals surface area contributed by atoms with Crippen molar-refractivity contribution in [1.29, 1.82) is 0 Å². The minimum Gasteiger partial charge on any atom is -0.256 e. The minimum atomic E-state index is 0.565. The van der Waals surface area contributed by atoms with E-state index in [9.17, 15) is 0 Å². The highest BCUT2D eigenvalue weighted by Crippen LogP contribution is 2.38. The number of hydrogen-bond acceptors (Lipinski definition) is 6. The van der Waals surface area contributed by atoms with Gasteiger partial charge >= 0.3 is 0 Å². The number of nitrogens with zero attached hydrogens (tertiary/aromatic N) is 6. The lowest BCUT2D eigenvalue weighted by atomic mass is 9.98. The van der Waals surface area contributed by atoms with Crippen molar-refractivity contribution in [2.75, 3.05) is 0 Å². The molecule has 9 rings (SSSR count). The summed E-state index contributed by atoms with van der Waals surface area (Å²) in [5.74, 6) is 1.75. The van der Waals surface area contributed by atoms with Crippen LogP contribution in [0.15, 0.2) is 182 Å². The fourth-order valence-corrected chi connectivity index (χ4v) is 6.40. The summed E-state index contributed by atoms with van der Waals surface area (Å²) < 4.78 is 0. The second-order valence-electron chi connectivity index (χ2n) is 12.4. The van der Waals surface area contributed by atoms with E-state index in [-0.39, 0.29) is 0 Å². The summed E-state index contributed by atoms with van der Waals surface area (Å²) in [6.07, 6.45) is 1.80. The molecule has 0 amide bonds. The highest BCUT2D eigenvalue weighted by atomic mass is 15.0. The molecular weight excluding hydrogens is 637 g/mol. The van der Waals surface area contributed by atoms with Crippen LogP contribution in [0.3, 0.4) is 0 Å². The normalized spacial score (nSPS) is 11.1. The van der Waals surface area contributed by atoms with Gasteiger partial charge in [-0.05, 0) is 30.3 Å². The molecule has 9 aromatic rings. The maximum atomic E-state index is 5.44. The zero-order valence-electron chi connectivity index (χ0n) is 28.0. The van der Waals surface area contributed by atoms with Crippen LogP contribution in [0.25, 0.3) is 90.1 Å². The standard InChI is InChI=1S/C46H30N6/c1-5-15-31(16-6-1)40-41(32-17-7-2-8-18-32)49-43(42(48-40)33-19-9-3-10-20-33)36-23-13-24-37(30-36)45-50-44(34-21-11-4-12-22-34)51-46(52-45)38-26-27-39-35(29-38)25-14-28-47-39/h1-30H. The van der Waals surface area contributed by atoms with Gasteiger partial charge in [0.15, 0.2) is 17.5 Å². The Morgan fingerprint density at radius 3 is 1.23 bits per heavy atom. The highest BCUT2D eigenvalue weighted by Gasteiger charge is 2.20. The van der Waals surface area contributed by atoms with Crippen LogP contribution in [-0.2, 0) is 0 Å². The van der Waals surface area contributed by atoms with Crippen molar-refractivity contribution in [1.82, 2.24) is 29.9 Å². The summed E-state index contributed by atoms with van der Waals surface area (Å²) >= 11 is 0. The van der Waals surface area contributed by atoms with Crippen molar-refractivity contribution in [3.8, 4) is 79.2 Å². The first-order valence-electron chi connectivity index (χ1n) is 17.1. The van der Waals surface area contributed by atoms with Crippen LogP contribution >= 0.6 is 0 Å². The quantitative estimate of drug-likeness (QED) is 0.168. The summed E-state index contributed by atoms with van der Waals surface area (Å²) in [6, 6.07) is 59.1. The van der Waals surface area contributed by atoms with E-state index in [1.165, 1.54) is 0 Å². The molecule has 0 saturated carbocycles. The van der Waals surface area contributed by atoms with Gasteiger partial charge in [0, 0.05) is 50.5 Å². The summed E-state index contributed by atoms with van der Waals surface area (Å²) in [6.45, 7) is 0. The van der Waals surface area contributed by atoms with Crippen LogP contribution in [0, 0.1) is 0 Å². The first-order valence-corrected chi connectivity index (χ1v) is 17.1. The van der Waals surface area contributed by atoms with Gasteiger partial charge in [-0.25, -0.2) is 24.9 Å². The molecule has 0 bridgehead atoms. The van der Waals surface area contributed by atoms with Crippen LogP contribution in [0.2, 0.25) is 0 Å². The molecule has 0 aliphatic heterocycles. The van der Waals surface area contributed by atoms with E-state index in [1.807, 2.05) is 121 Å². The average Bonchev–Trinajstić information content (AvgIpc) is 3.24. The van der Waals surface area contributed by atoms with Crippen molar-refractivity contribution in [2.24, 2.45) is 0 Å². The van der Waals surface area contributed by atoms with E-state index in [0.29, 0.717) is 17.5 Å². The van der Waals surface area contributed by atoms with E-state index >= 15 is 0 Å². The number of rotatable bonds is 7. The van der Waals surface area contributed by atoms with Crippen LogP contribution in [0.5, 0.6) is 0 Å². The van der Waals surface area contributed by atoms with E-state index in [4.69, 9.17) is 24.9 Å². The third kappa shape index (κ3) is 6.10. The van der Waals surface area contributed by atoms with Crippen molar-refractivity contribution in [3.05, 3.63) is 182 Å². The molecule has 0 fully saturated rings. The molecule has 6 aromatic carbocycles. The van der Waals surface area contributed by atoms with Crippen LogP contribution in [-0.4, -0.2) is 29.9 Å². The number of hydrogen-bond donors (Lipinski definition) is 0. The Morgan fingerprint density at radius 2 is 0.692 bits per heavy atom. The smallest absolute Gasteiger partial charge is 0.164 e. The maximum Gasteiger partial charge on any atom is 0.164 e. The Bertz CT molecular complexity index is 2660. The highest BCUT2D eigenvalue weighted by molar-refractivity contribution is 5.88. The number of aromatic nitrogens is 6. The third-order valence-electron chi connectivity index (χ3n) is 8.96. The lowest BCUT2D eigenvalue weighted by Crippen LogP contribution is -2.02. The van der Waals surface area contributed by atoms with Crippen LogP contribution < -0.4 is 0 Å². The summed E-state index contributed by atoms with van der Waals surface area (Å²) in [4.78, 5) is 30.4. The number of benzene rings is 6. The first-order chi connectivity index (χ1) is 25.8. The average molecular weight is 667 g/mol. The van der Waals surface area contributed by atoms with Gasteiger partial charge in [0.25, 0.3) is 0 Å². The van der Waals surface area contributed by atoms with Gasteiger partial charge in [0.05, 0.1) is 28.3 Å². The molecule has 244 valence electrons. The van der Waals surface area contributed by atoms with Crippen molar-refractivity contribution >= 4 is 10.9 Å². The van der Waals surface area contributed by atoms with Gasteiger partial charge in [0.1, 0.15) is 0 Å². The molecule has 0 atom stereocenters. The molecule has 3 aromatic heterocycles. The number of pyridine rings is 1. The predicted octanol–water partition coefficient (Wildman–Crippen LogP) is 10.9. The zero-order valence-corrected chi connectivity index (χ0v) is 28.0. The van der Waals surface area contributed by atoms with E-state index in [0.717, 1.165) is 72.6 Å². The molecule has 6 nitrogen and oxygen atoms in total. The molecule has 52 heavy (non-hydrogen) atoms. The number of fused-ring (bicyclic) bond motifs is 1. The van der Waals surface area contributed by atoms with Gasteiger partial charge in [-0.1, -0.05) is 146 Å². The Hall–Kier alpha value is -7.18. The summed E-state index contributed by atoms with van der Waals surface area (Å²) in [5, 5.41) is 1.02. The third-order valence-corrected chi connectivity index (χ3v) is 8.96. The van der Waals surface area contributed by atoms with Gasteiger partial charge in [-0.15, -0.1) is 0 Å². The summed E-state index contributed by atoms with van der Waals surface area (Å²) in [7, 11) is 0. The summed E-state index contributed by atoms with van der Waals surface area (Å²) in [5.41, 5.74) is 10.6. The minimum absolute atomic E-state index is 0.565. The second kappa shape index (κ2) is 13.6. The lowest BCUT2D eigenvalue weighted by molar-refractivity contribution is 1.07. The Morgan fingerprint density at radius 1 is 0.269 bits per heavy atom. The van der Waals surface area contributed by atoms with Gasteiger partial charge in [-0.3, -0.25) is 4.98 Å². The molecule has 6 heteroatoms. The fraction of sp³-hybridized carbons (Fsp3) is 0. The Labute approximate surface area is 301 Å². The zero-order chi connectivity index (χ0) is 34.7. The predicted molar refractivity (Wildman–Crippen MR) is 209 cm³/mol. The van der Waals surface area contributed by atoms with Gasteiger partial charge in [0.2, 0.25) is 0 Å². The monoisotopic (exact) mass is 666 g/mol. The van der Waals surface area contributed by atoms with Gasteiger partial charge < -0.3 is 0 Å². The maximum absolute atomic E-state index is 5.44. The molecule has 0 aliphatic carbocycles. The largest absolute Gasteiger partial charge is 0.256 e. The second-order valence-corrected chi connectivity index (χ2v) is 12.4. The molecular formula is C46H30N6. The first kappa shape index (κ1) is 30.8. The van der Waals surface area contributed by atoms with Gasteiger partial charge in [-0.2, -0.15) is 0 Å². The topological polar surface area (TPSA) is 77.3 Å². The molecule has 0 aliphatic rings.